The number of benzene rings is 2. The molecule has 2 aromatic carbocycles. The van der Waals surface area contributed by atoms with Gasteiger partial charge >= 0.3 is 0 Å². The van der Waals surface area contributed by atoms with E-state index in [1.807, 2.05) is 6.92 Å². The zero-order valence-corrected chi connectivity index (χ0v) is 19.6. The highest BCUT2D eigenvalue weighted by molar-refractivity contribution is 7.89. The Bertz CT molecular complexity index is 1160. The lowest BCUT2D eigenvalue weighted by Crippen LogP contribution is -2.52. The zero-order valence-electron chi connectivity index (χ0n) is 18.8. The molecular formula is C24H28F3N3O3S. The molecule has 0 aliphatic carbocycles. The van der Waals surface area contributed by atoms with Crippen molar-refractivity contribution < 1.29 is 26.4 Å². The average Bonchev–Trinajstić information content (AvgIpc) is 3.05. The smallest absolute Gasteiger partial charge is 0.241 e. The summed E-state index contributed by atoms with van der Waals surface area (Å²) in [5, 5.41) is 0. The molecule has 3 atom stereocenters. The molecule has 34 heavy (non-hydrogen) atoms. The van der Waals surface area contributed by atoms with Gasteiger partial charge in [0.2, 0.25) is 15.9 Å². The Hall–Kier alpha value is -2.43. The Kier molecular flexibility index (Phi) is 7.02. The first kappa shape index (κ1) is 24.7. The predicted molar refractivity (Wildman–Crippen MR) is 121 cm³/mol. The molecule has 3 N–H and O–H groups in total. The molecule has 10 heteroatoms. The Morgan fingerprint density at radius 2 is 1.65 bits per heavy atom. The number of fused-ring (bicyclic) bond motifs is 2. The topological polar surface area (TPSA) is 92.5 Å². The Morgan fingerprint density at radius 3 is 2.26 bits per heavy atom. The van der Waals surface area contributed by atoms with Gasteiger partial charge in [-0.2, -0.15) is 0 Å². The second-order valence-corrected chi connectivity index (χ2v) is 11.0. The minimum absolute atomic E-state index is 0.0154. The van der Waals surface area contributed by atoms with Crippen LogP contribution in [0.3, 0.4) is 0 Å². The average molecular weight is 496 g/mol. The van der Waals surface area contributed by atoms with Gasteiger partial charge in [-0.25, -0.2) is 26.3 Å². The van der Waals surface area contributed by atoms with Crippen LogP contribution >= 0.6 is 0 Å². The van der Waals surface area contributed by atoms with Crippen LogP contribution in [0.25, 0.3) is 0 Å². The molecular weight excluding hydrogens is 467 g/mol. The molecule has 0 saturated carbocycles. The molecule has 2 aromatic rings. The van der Waals surface area contributed by atoms with Crippen molar-refractivity contribution in [1.29, 1.82) is 0 Å². The minimum atomic E-state index is -3.81. The summed E-state index contributed by atoms with van der Waals surface area (Å²) >= 11 is 0. The SMILES string of the molecule is Cc1ccc(S(=O)(=O)NCC(=O)N2C3CCC2CC(C(N)Cc2cc(F)c(F)cc2F)C3)cc1. The zero-order chi connectivity index (χ0) is 24.6. The summed E-state index contributed by atoms with van der Waals surface area (Å²) in [6, 6.07) is 7.11. The number of sulfonamides is 1. The molecule has 0 aromatic heterocycles. The van der Waals surface area contributed by atoms with Crippen LogP contribution in [0.5, 0.6) is 0 Å². The lowest BCUT2D eigenvalue weighted by molar-refractivity contribution is -0.135. The van der Waals surface area contributed by atoms with E-state index in [1.165, 1.54) is 12.1 Å². The van der Waals surface area contributed by atoms with Crippen molar-refractivity contribution in [1.82, 2.24) is 9.62 Å². The number of nitrogens with two attached hydrogens (primary N) is 1. The van der Waals surface area contributed by atoms with Crippen molar-refractivity contribution in [3.63, 3.8) is 0 Å². The third-order valence-corrected chi connectivity index (χ3v) is 8.37. The van der Waals surface area contributed by atoms with E-state index in [0.717, 1.165) is 24.5 Å². The van der Waals surface area contributed by atoms with E-state index in [1.54, 1.807) is 17.0 Å². The molecule has 6 nitrogen and oxygen atoms in total. The van der Waals surface area contributed by atoms with E-state index >= 15 is 0 Å². The van der Waals surface area contributed by atoms with Crippen LogP contribution in [0.4, 0.5) is 13.2 Å². The van der Waals surface area contributed by atoms with E-state index in [2.05, 4.69) is 4.72 Å². The van der Waals surface area contributed by atoms with Gasteiger partial charge in [0.1, 0.15) is 5.82 Å². The van der Waals surface area contributed by atoms with Crippen molar-refractivity contribution in [2.45, 2.75) is 62.0 Å². The summed E-state index contributed by atoms with van der Waals surface area (Å²) in [6.45, 7) is 1.52. The molecule has 184 valence electrons. The number of halogens is 3. The fourth-order valence-corrected chi connectivity index (χ4v) is 6.14. The minimum Gasteiger partial charge on any atom is -0.336 e. The first-order valence-corrected chi connectivity index (χ1v) is 12.8. The number of rotatable bonds is 7. The van der Waals surface area contributed by atoms with Gasteiger partial charge in [-0.3, -0.25) is 4.79 Å². The monoisotopic (exact) mass is 495 g/mol. The van der Waals surface area contributed by atoms with Crippen molar-refractivity contribution in [2.75, 3.05) is 6.54 Å². The van der Waals surface area contributed by atoms with Crippen LogP contribution in [-0.4, -0.2) is 43.9 Å². The highest BCUT2D eigenvalue weighted by atomic mass is 32.2. The normalized spacial score (nSPS) is 23.2. The molecule has 0 spiro atoms. The van der Waals surface area contributed by atoms with E-state index < -0.39 is 33.5 Å². The van der Waals surface area contributed by atoms with Crippen molar-refractivity contribution in [3.05, 3.63) is 65.0 Å². The maximum Gasteiger partial charge on any atom is 0.241 e. The van der Waals surface area contributed by atoms with Gasteiger partial charge in [-0.1, -0.05) is 17.7 Å². The second kappa shape index (κ2) is 9.67. The fourth-order valence-electron chi connectivity index (χ4n) is 5.17. The van der Waals surface area contributed by atoms with Crippen LogP contribution in [0.1, 0.15) is 36.8 Å². The number of carbonyl (C=O) groups is 1. The van der Waals surface area contributed by atoms with Crippen LogP contribution in [0.15, 0.2) is 41.3 Å². The number of aryl methyl sites for hydroxylation is 1. The van der Waals surface area contributed by atoms with E-state index in [4.69, 9.17) is 5.73 Å². The van der Waals surface area contributed by atoms with Crippen LogP contribution in [0, 0.1) is 30.3 Å². The number of carbonyl (C=O) groups excluding carboxylic acids is 1. The van der Waals surface area contributed by atoms with Crippen LogP contribution in [-0.2, 0) is 21.2 Å². The lowest BCUT2D eigenvalue weighted by Gasteiger charge is -2.41. The number of piperidine rings is 1. The highest BCUT2D eigenvalue weighted by Gasteiger charge is 2.44. The molecule has 3 unspecified atom stereocenters. The van der Waals surface area contributed by atoms with Crippen molar-refractivity contribution >= 4 is 15.9 Å². The molecule has 2 bridgehead atoms. The maximum atomic E-state index is 14.0. The summed E-state index contributed by atoms with van der Waals surface area (Å²) in [6.07, 6.45) is 2.82. The largest absolute Gasteiger partial charge is 0.336 e. The van der Waals surface area contributed by atoms with Gasteiger partial charge in [-0.15, -0.1) is 0 Å². The second-order valence-electron chi connectivity index (χ2n) is 9.28. The molecule has 2 aliphatic heterocycles. The first-order chi connectivity index (χ1) is 16.0. The summed E-state index contributed by atoms with van der Waals surface area (Å²) in [5.74, 6) is -3.49. The molecule has 0 radical (unpaired) electrons. The van der Waals surface area contributed by atoms with Crippen molar-refractivity contribution in [2.24, 2.45) is 11.7 Å². The molecule has 1 amide bonds. The van der Waals surface area contributed by atoms with E-state index in [-0.39, 0.29) is 47.3 Å². The third kappa shape index (κ3) is 5.13. The molecule has 2 saturated heterocycles. The number of hydrogen-bond donors (Lipinski definition) is 2. The summed E-state index contributed by atoms with van der Waals surface area (Å²) in [7, 11) is -3.81. The molecule has 2 heterocycles. The fraction of sp³-hybridized carbons (Fsp3) is 0.458. The quantitative estimate of drug-likeness (QED) is 0.578. The lowest BCUT2D eigenvalue weighted by atomic mass is 9.82. The summed E-state index contributed by atoms with van der Waals surface area (Å²) < 4.78 is 68.2. The Labute approximate surface area is 197 Å². The standard InChI is InChI=1S/C24H28F3N3O3S/c1-14-2-6-19(7-3-14)34(32,33)29-13-24(31)30-17-4-5-18(30)9-16(8-17)23(28)11-15-10-21(26)22(27)12-20(15)25/h2-3,6-7,10,12,16-18,23,29H,4-5,8-9,11,13,28H2,1H3. The molecule has 2 aliphatic rings. The van der Waals surface area contributed by atoms with E-state index in [9.17, 15) is 26.4 Å². The summed E-state index contributed by atoms with van der Waals surface area (Å²) in [4.78, 5) is 14.8. The number of nitrogens with zero attached hydrogens (tertiary/aromatic N) is 1. The third-order valence-electron chi connectivity index (χ3n) is 6.95. The maximum absolute atomic E-state index is 14.0. The Balaban J connectivity index is 1.36. The van der Waals surface area contributed by atoms with E-state index in [0.29, 0.717) is 18.9 Å². The number of amides is 1. The number of nitrogens with one attached hydrogen (secondary N) is 1. The van der Waals surface area contributed by atoms with Crippen molar-refractivity contribution in [3.8, 4) is 0 Å². The molecule has 4 rings (SSSR count). The van der Waals surface area contributed by atoms with Gasteiger partial charge in [0.05, 0.1) is 11.4 Å². The van der Waals surface area contributed by atoms with Gasteiger partial charge in [0, 0.05) is 24.2 Å². The van der Waals surface area contributed by atoms with Gasteiger partial charge in [0.25, 0.3) is 0 Å². The van der Waals surface area contributed by atoms with Gasteiger partial charge in [-0.05, 0) is 68.7 Å². The first-order valence-electron chi connectivity index (χ1n) is 11.3. The predicted octanol–water partition coefficient (Wildman–Crippen LogP) is 3.03. The Morgan fingerprint density at radius 1 is 1.06 bits per heavy atom. The highest BCUT2D eigenvalue weighted by Crippen LogP contribution is 2.40. The van der Waals surface area contributed by atoms with Crippen LogP contribution in [0.2, 0.25) is 0 Å². The summed E-state index contributed by atoms with van der Waals surface area (Å²) in [5.41, 5.74) is 7.28. The van der Waals surface area contributed by atoms with Gasteiger partial charge < -0.3 is 10.6 Å². The number of hydrogen-bond acceptors (Lipinski definition) is 4. The van der Waals surface area contributed by atoms with Crippen LogP contribution < -0.4 is 10.5 Å². The molecule has 2 fully saturated rings. The van der Waals surface area contributed by atoms with Gasteiger partial charge in [0.15, 0.2) is 11.6 Å².